The molecular formula is C17H36O3. The van der Waals surface area contributed by atoms with Crippen molar-refractivity contribution in [3.8, 4) is 0 Å². The number of hydrogen-bond acceptors (Lipinski definition) is 3. The Hall–Kier alpha value is -0.120. The van der Waals surface area contributed by atoms with Gasteiger partial charge in [-0.1, -0.05) is 71.6 Å². The summed E-state index contributed by atoms with van der Waals surface area (Å²) < 4.78 is 5.27. The van der Waals surface area contributed by atoms with Gasteiger partial charge in [0.15, 0.2) is 0 Å². The molecule has 3 nitrogen and oxygen atoms in total. The molecule has 0 aromatic rings. The molecule has 0 saturated carbocycles. The van der Waals surface area contributed by atoms with Crippen LogP contribution in [0, 0.1) is 5.92 Å². The average Bonchev–Trinajstić information content (AvgIpc) is 2.43. The average molecular weight is 288 g/mol. The van der Waals surface area contributed by atoms with Crippen LogP contribution in [-0.2, 0) is 4.74 Å². The summed E-state index contributed by atoms with van der Waals surface area (Å²) >= 11 is 0. The van der Waals surface area contributed by atoms with Crippen molar-refractivity contribution in [2.24, 2.45) is 5.92 Å². The van der Waals surface area contributed by atoms with Gasteiger partial charge in [-0.2, -0.15) is 0 Å². The molecule has 0 radical (unpaired) electrons. The quantitative estimate of drug-likeness (QED) is 0.449. The molecule has 0 bridgehead atoms. The van der Waals surface area contributed by atoms with Gasteiger partial charge in [0, 0.05) is 6.61 Å². The first-order valence-corrected chi connectivity index (χ1v) is 8.53. The van der Waals surface area contributed by atoms with Crippen LogP contribution in [0.4, 0.5) is 0 Å². The molecule has 0 aliphatic rings. The van der Waals surface area contributed by atoms with Gasteiger partial charge >= 0.3 is 0 Å². The highest BCUT2D eigenvalue weighted by atomic mass is 16.5. The van der Waals surface area contributed by atoms with Crippen LogP contribution in [0.2, 0.25) is 0 Å². The molecule has 20 heavy (non-hydrogen) atoms. The Kier molecular flexibility index (Phi) is 15.2. The third-order valence-corrected chi connectivity index (χ3v) is 3.59. The molecule has 0 spiro atoms. The normalized spacial score (nSPS) is 13.1. The Morgan fingerprint density at radius 2 is 1.30 bits per heavy atom. The van der Waals surface area contributed by atoms with Gasteiger partial charge in [0.1, 0.15) is 6.10 Å². The van der Waals surface area contributed by atoms with Gasteiger partial charge in [-0.25, -0.2) is 0 Å². The highest BCUT2D eigenvalue weighted by Gasteiger charge is 2.00. The number of unbranched alkanes of at least 4 members (excludes halogenated alkanes) is 8. The minimum atomic E-state index is -0.717. The topological polar surface area (TPSA) is 49.7 Å². The van der Waals surface area contributed by atoms with E-state index >= 15 is 0 Å². The smallest absolute Gasteiger partial charge is 0.100 e. The summed E-state index contributed by atoms with van der Waals surface area (Å²) in [6.45, 7) is 5.35. The van der Waals surface area contributed by atoms with E-state index in [0.29, 0.717) is 6.61 Å². The molecule has 122 valence electrons. The van der Waals surface area contributed by atoms with Crippen molar-refractivity contribution < 1.29 is 14.9 Å². The fourth-order valence-corrected chi connectivity index (χ4v) is 2.27. The van der Waals surface area contributed by atoms with E-state index in [1.54, 1.807) is 0 Å². The van der Waals surface area contributed by atoms with Gasteiger partial charge in [0.05, 0.1) is 13.2 Å². The third kappa shape index (κ3) is 15.9. The maximum Gasteiger partial charge on any atom is 0.100 e. The molecule has 0 amide bonds. The minimum Gasteiger partial charge on any atom is -0.394 e. The lowest BCUT2D eigenvalue weighted by atomic mass is 10.0. The van der Waals surface area contributed by atoms with Crippen LogP contribution < -0.4 is 0 Å². The fraction of sp³-hybridized carbons (Fsp3) is 1.00. The number of rotatable bonds is 15. The standard InChI is InChI=1S/C17H36O3/c1-16(2)12-10-8-6-4-3-5-7-9-11-13-20-15-17(19)14-18/h16-19H,3-15H2,1-2H3. The number of aliphatic hydroxyl groups is 2. The minimum absolute atomic E-state index is 0.211. The maximum atomic E-state index is 9.07. The molecule has 0 fully saturated rings. The molecule has 3 heteroatoms. The van der Waals surface area contributed by atoms with Gasteiger partial charge in [0.2, 0.25) is 0 Å². The van der Waals surface area contributed by atoms with Crippen molar-refractivity contribution in [1.29, 1.82) is 0 Å². The first-order valence-electron chi connectivity index (χ1n) is 8.53. The number of ether oxygens (including phenoxy) is 1. The predicted octanol–water partition coefficient (Wildman–Crippen LogP) is 3.91. The summed E-state index contributed by atoms with van der Waals surface area (Å²) in [6.07, 6.45) is 12.5. The summed E-state index contributed by atoms with van der Waals surface area (Å²) in [4.78, 5) is 0. The first kappa shape index (κ1) is 19.9. The monoisotopic (exact) mass is 288 g/mol. The molecule has 0 saturated heterocycles. The van der Waals surface area contributed by atoms with Crippen LogP contribution in [0.3, 0.4) is 0 Å². The van der Waals surface area contributed by atoms with E-state index < -0.39 is 6.10 Å². The summed E-state index contributed by atoms with van der Waals surface area (Å²) in [5.74, 6) is 0.857. The van der Waals surface area contributed by atoms with E-state index in [9.17, 15) is 0 Å². The molecule has 2 N–H and O–H groups in total. The Morgan fingerprint density at radius 1 is 0.800 bits per heavy atom. The van der Waals surface area contributed by atoms with E-state index in [-0.39, 0.29) is 13.2 Å². The van der Waals surface area contributed by atoms with E-state index in [1.165, 1.54) is 57.8 Å². The van der Waals surface area contributed by atoms with Gasteiger partial charge in [-0.05, 0) is 12.3 Å². The largest absolute Gasteiger partial charge is 0.394 e. The highest BCUT2D eigenvalue weighted by molar-refractivity contribution is 4.51. The SMILES string of the molecule is CC(C)CCCCCCCCCCCOCC(O)CO. The summed E-state index contributed by atoms with van der Waals surface area (Å²) in [7, 11) is 0. The van der Waals surface area contributed by atoms with Gasteiger partial charge in [0.25, 0.3) is 0 Å². The van der Waals surface area contributed by atoms with Crippen molar-refractivity contribution in [2.75, 3.05) is 19.8 Å². The maximum absolute atomic E-state index is 9.07. The lowest BCUT2D eigenvalue weighted by molar-refractivity contribution is 0.00526. The van der Waals surface area contributed by atoms with E-state index in [0.717, 1.165) is 12.3 Å². The zero-order valence-corrected chi connectivity index (χ0v) is 13.6. The molecule has 1 unspecified atom stereocenters. The summed E-state index contributed by atoms with van der Waals surface area (Å²) in [5, 5.41) is 17.7. The molecule has 0 aliphatic heterocycles. The first-order chi connectivity index (χ1) is 9.66. The second-order valence-corrected chi connectivity index (χ2v) is 6.28. The lowest BCUT2D eigenvalue weighted by Gasteiger charge is -2.08. The van der Waals surface area contributed by atoms with E-state index in [2.05, 4.69) is 13.8 Å². The number of aliphatic hydroxyl groups excluding tert-OH is 2. The number of hydrogen-bond donors (Lipinski definition) is 2. The second-order valence-electron chi connectivity index (χ2n) is 6.28. The van der Waals surface area contributed by atoms with Gasteiger partial charge < -0.3 is 14.9 Å². The summed E-state index contributed by atoms with van der Waals surface area (Å²) in [6, 6.07) is 0. The van der Waals surface area contributed by atoms with Crippen molar-refractivity contribution in [3.05, 3.63) is 0 Å². The second kappa shape index (κ2) is 15.3. The van der Waals surface area contributed by atoms with Crippen molar-refractivity contribution in [1.82, 2.24) is 0 Å². The Bertz CT molecular complexity index is 183. The summed E-state index contributed by atoms with van der Waals surface area (Å²) in [5.41, 5.74) is 0. The molecule has 1 atom stereocenters. The van der Waals surface area contributed by atoms with Crippen molar-refractivity contribution in [2.45, 2.75) is 84.2 Å². The molecule has 0 aliphatic carbocycles. The molecule has 0 aromatic heterocycles. The van der Waals surface area contributed by atoms with Crippen LogP contribution >= 0.6 is 0 Å². The van der Waals surface area contributed by atoms with Crippen LogP contribution in [0.5, 0.6) is 0 Å². The molecule has 0 aromatic carbocycles. The molecular weight excluding hydrogens is 252 g/mol. The fourth-order valence-electron chi connectivity index (χ4n) is 2.27. The third-order valence-electron chi connectivity index (χ3n) is 3.59. The van der Waals surface area contributed by atoms with Crippen molar-refractivity contribution >= 4 is 0 Å². The molecule has 0 rings (SSSR count). The van der Waals surface area contributed by atoms with Crippen LogP contribution in [0.15, 0.2) is 0 Å². The Labute approximate surface area is 125 Å². The zero-order chi connectivity index (χ0) is 15.1. The van der Waals surface area contributed by atoms with Crippen LogP contribution in [0.25, 0.3) is 0 Å². The van der Waals surface area contributed by atoms with Crippen LogP contribution in [0.1, 0.15) is 78.1 Å². The van der Waals surface area contributed by atoms with Gasteiger partial charge in [-0.15, -0.1) is 0 Å². The highest BCUT2D eigenvalue weighted by Crippen LogP contribution is 2.12. The lowest BCUT2D eigenvalue weighted by Crippen LogP contribution is -2.19. The Morgan fingerprint density at radius 3 is 1.80 bits per heavy atom. The Balaban J connectivity index is 2.99. The zero-order valence-electron chi connectivity index (χ0n) is 13.6. The van der Waals surface area contributed by atoms with Crippen LogP contribution in [-0.4, -0.2) is 36.1 Å². The van der Waals surface area contributed by atoms with Gasteiger partial charge in [-0.3, -0.25) is 0 Å². The van der Waals surface area contributed by atoms with E-state index in [4.69, 9.17) is 14.9 Å². The van der Waals surface area contributed by atoms with E-state index in [1.807, 2.05) is 0 Å². The predicted molar refractivity (Wildman–Crippen MR) is 84.9 cm³/mol. The molecule has 0 heterocycles. The van der Waals surface area contributed by atoms with Crippen molar-refractivity contribution in [3.63, 3.8) is 0 Å².